The number of hydrogen-bond donors (Lipinski definition) is 2. The summed E-state index contributed by atoms with van der Waals surface area (Å²) < 4.78 is 1.79. The van der Waals surface area contributed by atoms with Gasteiger partial charge in [-0.1, -0.05) is 24.3 Å². The summed E-state index contributed by atoms with van der Waals surface area (Å²) in [6.07, 6.45) is 6.00. The van der Waals surface area contributed by atoms with Crippen molar-refractivity contribution in [1.29, 1.82) is 0 Å². The number of halogens is 2. The van der Waals surface area contributed by atoms with E-state index in [4.69, 9.17) is 0 Å². The molecule has 1 aliphatic heterocycles. The van der Waals surface area contributed by atoms with Crippen LogP contribution in [0.3, 0.4) is 0 Å². The van der Waals surface area contributed by atoms with Gasteiger partial charge in [0.05, 0.1) is 6.54 Å². The van der Waals surface area contributed by atoms with Gasteiger partial charge >= 0.3 is 0 Å². The second-order valence-electron chi connectivity index (χ2n) is 6.04. The average molecular weight is 386 g/mol. The minimum Gasteiger partial charge on any atom is -0.352 e. The SMILES string of the molecule is Cl.Cl.O=C(CCC1CCNC1)NCc1ccccc1Cn1cncn1. The van der Waals surface area contributed by atoms with E-state index in [-0.39, 0.29) is 30.7 Å². The zero-order valence-electron chi connectivity index (χ0n) is 14.1. The maximum Gasteiger partial charge on any atom is 0.220 e. The molecule has 0 spiro atoms. The van der Waals surface area contributed by atoms with Crippen molar-refractivity contribution in [3.8, 4) is 0 Å². The zero-order valence-corrected chi connectivity index (χ0v) is 15.7. The molecule has 2 heterocycles. The van der Waals surface area contributed by atoms with E-state index in [0.29, 0.717) is 25.4 Å². The van der Waals surface area contributed by atoms with Crippen molar-refractivity contribution in [3.05, 3.63) is 48.0 Å². The first kappa shape index (κ1) is 21.4. The molecule has 2 N–H and O–H groups in total. The molecule has 1 atom stereocenters. The molecule has 2 aromatic rings. The van der Waals surface area contributed by atoms with Crippen LogP contribution in [-0.4, -0.2) is 33.8 Å². The van der Waals surface area contributed by atoms with Crippen LogP contribution in [-0.2, 0) is 17.9 Å². The summed E-state index contributed by atoms with van der Waals surface area (Å²) in [6, 6.07) is 8.11. The van der Waals surface area contributed by atoms with Crippen molar-refractivity contribution in [3.63, 3.8) is 0 Å². The number of amides is 1. The average Bonchev–Trinajstić information content (AvgIpc) is 3.25. The van der Waals surface area contributed by atoms with Crippen LogP contribution in [0, 0.1) is 5.92 Å². The molecule has 8 heteroatoms. The molecule has 1 unspecified atom stereocenters. The van der Waals surface area contributed by atoms with Gasteiger partial charge < -0.3 is 10.6 Å². The molecule has 3 rings (SSSR count). The fraction of sp³-hybridized carbons (Fsp3) is 0.471. The van der Waals surface area contributed by atoms with E-state index in [1.807, 2.05) is 18.2 Å². The molecule has 25 heavy (non-hydrogen) atoms. The lowest BCUT2D eigenvalue weighted by Gasteiger charge is -2.12. The third kappa shape index (κ3) is 6.65. The Kier molecular flexibility index (Phi) is 9.49. The molecule has 0 radical (unpaired) electrons. The first-order valence-electron chi connectivity index (χ1n) is 8.18. The summed E-state index contributed by atoms with van der Waals surface area (Å²) in [5.74, 6) is 0.785. The van der Waals surface area contributed by atoms with Gasteiger partial charge in [-0.3, -0.25) is 4.79 Å². The summed E-state index contributed by atoms with van der Waals surface area (Å²) in [5.41, 5.74) is 2.28. The van der Waals surface area contributed by atoms with Crippen molar-refractivity contribution in [2.24, 2.45) is 5.92 Å². The summed E-state index contributed by atoms with van der Waals surface area (Å²) >= 11 is 0. The number of nitrogens with one attached hydrogen (secondary N) is 2. The smallest absolute Gasteiger partial charge is 0.220 e. The highest BCUT2D eigenvalue weighted by atomic mass is 35.5. The third-order valence-corrected chi connectivity index (χ3v) is 4.34. The van der Waals surface area contributed by atoms with E-state index in [2.05, 4.69) is 26.8 Å². The maximum atomic E-state index is 12.0. The van der Waals surface area contributed by atoms with Gasteiger partial charge in [-0.2, -0.15) is 5.10 Å². The van der Waals surface area contributed by atoms with E-state index in [1.165, 1.54) is 12.7 Å². The van der Waals surface area contributed by atoms with Crippen molar-refractivity contribution < 1.29 is 4.79 Å². The minimum atomic E-state index is 0. The maximum absolute atomic E-state index is 12.0. The van der Waals surface area contributed by atoms with Gasteiger partial charge in [0.1, 0.15) is 12.7 Å². The van der Waals surface area contributed by atoms with Crippen molar-refractivity contribution in [2.45, 2.75) is 32.4 Å². The van der Waals surface area contributed by atoms with Gasteiger partial charge in [0, 0.05) is 13.0 Å². The first-order chi connectivity index (χ1) is 11.3. The van der Waals surface area contributed by atoms with Crippen LogP contribution in [0.15, 0.2) is 36.9 Å². The molecule has 1 fully saturated rings. The molecule has 0 aliphatic carbocycles. The third-order valence-electron chi connectivity index (χ3n) is 4.34. The Balaban J connectivity index is 0.00000156. The monoisotopic (exact) mass is 385 g/mol. The zero-order chi connectivity index (χ0) is 15.9. The van der Waals surface area contributed by atoms with Crippen LogP contribution < -0.4 is 10.6 Å². The van der Waals surface area contributed by atoms with E-state index in [0.717, 1.165) is 30.6 Å². The number of hydrogen-bond acceptors (Lipinski definition) is 4. The second-order valence-corrected chi connectivity index (χ2v) is 6.04. The van der Waals surface area contributed by atoms with Crippen molar-refractivity contribution >= 4 is 30.7 Å². The molecular weight excluding hydrogens is 361 g/mol. The Morgan fingerprint density at radius 2 is 2.08 bits per heavy atom. The van der Waals surface area contributed by atoms with Crippen LogP contribution in [0.2, 0.25) is 0 Å². The number of benzene rings is 1. The standard InChI is InChI=1S/C17H23N5O.2ClH/c23-17(6-5-14-7-8-18-9-14)20-10-15-3-1-2-4-16(15)11-22-13-19-12-21-22;;/h1-4,12-14,18H,5-11H2,(H,20,23);2*1H. The predicted octanol–water partition coefficient (Wildman–Crippen LogP) is 2.18. The summed E-state index contributed by atoms with van der Waals surface area (Å²) in [4.78, 5) is 16.0. The van der Waals surface area contributed by atoms with Gasteiger partial charge in [-0.05, 0) is 43.0 Å². The topological polar surface area (TPSA) is 71.8 Å². The Labute approximate surface area is 160 Å². The number of rotatable bonds is 7. The molecule has 6 nitrogen and oxygen atoms in total. The lowest BCUT2D eigenvalue weighted by Crippen LogP contribution is -2.24. The van der Waals surface area contributed by atoms with Crippen LogP contribution in [0.5, 0.6) is 0 Å². The van der Waals surface area contributed by atoms with Crippen LogP contribution in [0.1, 0.15) is 30.4 Å². The normalized spacial score (nSPS) is 15.9. The van der Waals surface area contributed by atoms with Crippen molar-refractivity contribution in [1.82, 2.24) is 25.4 Å². The number of nitrogens with zero attached hydrogens (tertiary/aromatic N) is 3. The van der Waals surface area contributed by atoms with E-state index < -0.39 is 0 Å². The summed E-state index contributed by atoms with van der Waals surface area (Å²) in [5, 5.41) is 10.5. The quantitative estimate of drug-likeness (QED) is 0.765. The Hall–Kier alpha value is -1.63. The van der Waals surface area contributed by atoms with Gasteiger partial charge in [-0.25, -0.2) is 9.67 Å². The highest BCUT2D eigenvalue weighted by Crippen LogP contribution is 2.14. The fourth-order valence-corrected chi connectivity index (χ4v) is 2.95. The molecule has 1 aromatic carbocycles. The van der Waals surface area contributed by atoms with Crippen LogP contribution in [0.25, 0.3) is 0 Å². The van der Waals surface area contributed by atoms with Gasteiger partial charge in [0.25, 0.3) is 0 Å². The number of aromatic nitrogens is 3. The number of carbonyl (C=O) groups is 1. The molecule has 0 saturated carbocycles. The summed E-state index contributed by atoms with van der Waals surface area (Å²) in [7, 11) is 0. The molecule has 1 aromatic heterocycles. The molecule has 138 valence electrons. The minimum absolute atomic E-state index is 0. The summed E-state index contributed by atoms with van der Waals surface area (Å²) in [6.45, 7) is 3.36. The van der Waals surface area contributed by atoms with Gasteiger partial charge in [0.2, 0.25) is 5.91 Å². The van der Waals surface area contributed by atoms with E-state index in [9.17, 15) is 4.79 Å². The Bertz CT molecular complexity index is 630. The largest absolute Gasteiger partial charge is 0.352 e. The molecule has 1 amide bonds. The Morgan fingerprint density at radius 1 is 1.28 bits per heavy atom. The highest BCUT2D eigenvalue weighted by Gasteiger charge is 2.15. The fourth-order valence-electron chi connectivity index (χ4n) is 2.95. The van der Waals surface area contributed by atoms with E-state index >= 15 is 0 Å². The van der Waals surface area contributed by atoms with Gasteiger partial charge in [0.15, 0.2) is 0 Å². The van der Waals surface area contributed by atoms with Crippen molar-refractivity contribution in [2.75, 3.05) is 13.1 Å². The van der Waals surface area contributed by atoms with Gasteiger partial charge in [-0.15, -0.1) is 24.8 Å². The predicted molar refractivity (Wildman–Crippen MR) is 102 cm³/mol. The van der Waals surface area contributed by atoms with Crippen LogP contribution >= 0.6 is 24.8 Å². The highest BCUT2D eigenvalue weighted by molar-refractivity contribution is 5.85. The Morgan fingerprint density at radius 3 is 2.76 bits per heavy atom. The molecule has 1 saturated heterocycles. The molecular formula is C17H25Cl2N5O. The second kappa shape index (κ2) is 11.1. The lowest BCUT2D eigenvalue weighted by atomic mass is 10.0. The first-order valence-corrected chi connectivity index (χ1v) is 8.18. The molecule has 0 bridgehead atoms. The molecule has 1 aliphatic rings. The van der Waals surface area contributed by atoms with Crippen LogP contribution in [0.4, 0.5) is 0 Å². The number of carbonyl (C=O) groups excluding carboxylic acids is 1. The lowest BCUT2D eigenvalue weighted by molar-refractivity contribution is -0.121. The van der Waals surface area contributed by atoms with E-state index in [1.54, 1.807) is 11.0 Å².